The number of hydrogen-bond donors (Lipinski definition) is 1. The van der Waals surface area contributed by atoms with Crippen molar-refractivity contribution in [3.8, 4) is 11.4 Å². The van der Waals surface area contributed by atoms with E-state index in [2.05, 4.69) is 30.6 Å². The van der Waals surface area contributed by atoms with Crippen LogP contribution in [0.1, 0.15) is 24.4 Å². The fourth-order valence-corrected chi connectivity index (χ4v) is 3.02. The number of rotatable bonds is 5. The van der Waals surface area contributed by atoms with Gasteiger partial charge in [-0.2, -0.15) is 15.3 Å². The minimum absolute atomic E-state index is 0.0972. The van der Waals surface area contributed by atoms with Gasteiger partial charge in [-0.1, -0.05) is 11.6 Å². The molecule has 0 amide bonds. The van der Waals surface area contributed by atoms with E-state index in [0.29, 0.717) is 22.1 Å². The number of ether oxygens (including phenoxy) is 1. The van der Waals surface area contributed by atoms with Gasteiger partial charge in [-0.05, 0) is 32.0 Å². The van der Waals surface area contributed by atoms with Crippen molar-refractivity contribution in [1.82, 2.24) is 29.9 Å². The molecule has 1 aromatic carbocycles. The molecule has 4 aromatic rings. The number of aryl methyl sites for hydroxylation is 1. The maximum absolute atomic E-state index is 6.02. The lowest BCUT2D eigenvalue weighted by Crippen LogP contribution is -2.11. The van der Waals surface area contributed by atoms with E-state index < -0.39 is 0 Å². The number of benzene rings is 1. The second-order valence-electron chi connectivity index (χ2n) is 6.34. The molecular weight excluding hydrogens is 378 g/mol. The summed E-state index contributed by atoms with van der Waals surface area (Å²) in [6.45, 7) is 3.91. The molecule has 1 N–H and O–H groups in total. The van der Waals surface area contributed by atoms with Crippen LogP contribution in [-0.4, -0.2) is 37.1 Å². The third kappa shape index (κ3) is 3.46. The molecule has 0 saturated heterocycles. The second kappa shape index (κ2) is 7.40. The van der Waals surface area contributed by atoms with Gasteiger partial charge in [0.05, 0.1) is 41.4 Å². The Kier molecular flexibility index (Phi) is 4.79. The molecule has 0 fully saturated rings. The molecule has 142 valence electrons. The number of hydrogen-bond acceptors (Lipinski definition) is 7. The summed E-state index contributed by atoms with van der Waals surface area (Å²) in [4.78, 5) is 8.81. The highest BCUT2D eigenvalue weighted by molar-refractivity contribution is 6.30. The zero-order chi connectivity index (χ0) is 19.7. The number of nitrogens with one attached hydrogen (secondary N) is 1. The minimum atomic E-state index is -0.0972. The summed E-state index contributed by atoms with van der Waals surface area (Å²) in [5.74, 6) is 1.28. The highest BCUT2D eigenvalue weighted by Crippen LogP contribution is 2.32. The Morgan fingerprint density at radius 2 is 2.04 bits per heavy atom. The first-order chi connectivity index (χ1) is 13.5. The molecule has 0 aliphatic heterocycles. The predicted molar refractivity (Wildman–Crippen MR) is 107 cm³/mol. The molecule has 28 heavy (non-hydrogen) atoms. The molecule has 3 heterocycles. The van der Waals surface area contributed by atoms with Gasteiger partial charge in [-0.15, -0.1) is 0 Å². The van der Waals surface area contributed by atoms with Crippen LogP contribution in [0.15, 0.2) is 43.0 Å². The van der Waals surface area contributed by atoms with E-state index in [4.69, 9.17) is 16.3 Å². The van der Waals surface area contributed by atoms with Crippen LogP contribution in [0.5, 0.6) is 5.75 Å². The summed E-state index contributed by atoms with van der Waals surface area (Å²) in [5, 5.41) is 17.4. The molecule has 3 aromatic heterocycles. The Morgan fingerprint density at radius 1 is 1.18 bits per heavy atom. The highest BCUT2D eigenvalue weighted by Gasteiger charge is 2.15. The van der Waals surface area contributed by atoms with Crippen LogP contribution in [0.25, 0.3) is 16.6 Å². The van der Waals surface area contributed by atoms with Gasteiger partial charge < -0.3 is 10.1 Å². The quantitative estimate of drug-likeness (QED) is 0.550. The zero-order valence-electron chi connectivity index (χ0n) is 15.6. The first-order valence-corrected chi connectivity index (χ1v) is 9.03. The van der Waals surface area contributed by atoms with Gasteiger partial charge in [0.1, 0.15) is 23.4 Å². The van der Waals surface area contributed by atoms with Gasteiger partial charge >= 0.3 is 0 Å². The van der Waals surface area contributed by atoms with Crippen molar-refractivity contribution < 1.29 is 4.74 Å². The van der Waals surface area contributed by atoms with Gasteiger partial charge in [0.15, 0.2) is 0 Å². The van der Waals surface area contributed by atoms with Crippen LogP contribution in [0.4, 0.5) is 5.82 Å². The van der Waals surface area contributed by atoms with Crippen molar-refractivity contribution in [3.05, 3.63) is 59.4 Å². The molecule has 0 radical (unpaired) electrons. The second-order valence-corrected chi connectivity index (χ2v) is 6.77. The summed E-state index contributed by atoms with van der Waals surface area (Å²) >= 11 is 6.02. The number of fused-ring (bicyclic) bond motifs is 1. The molecule has 0 aliphatic rings. The number of nitrogens with zero attached hydrogens (tertiary/aromatic N) is 6. The number of halogens is 1. The van der Waals surface area contributed by atoms with E-state index in [9.17, 15) is 0 Å². The first-order valence-electron chi connectivity index (χ1n) is 8.65. The lowest BCUT2D eigenvalue weighted by atomic mass is 10.1. The summed E-state index contributed by atoms with van der Waals surface area (Å²) in [6.07, 6.45) is 4.81. The van der Waals surface area contributed by atoms with Crippen molar-refractivity contribution in [2.75, 3.05) is 12.4 Å². The van der Waals surface area contributed by atoms with Gasteiger partial charge in [-0.25, -0.2) is 14.6 Å². The van der Waals surface area contributed by atoms with E-state index in [1.165, 1.54) is 6.33 Å². The molecule has 0 aliphatic carbocycles. The largest absolute Gasteiger partial charge is 0.494 e. The summed E-state index contributed by atoms with van der Waals surface area (Å²) < 4.78 is 7.22. The Hall–Kier alpha value is -3.26. The smallest absolute Gasteiger partial charge is 0.147 e. The molecule has 9 heteroatoms. The Balaban J connectivity index is 1.78. The molecule has 8 nitrogen and oxygen atoms in total. The standard InChI is InChI=1S/C19H18ClN7O/c1-11-4-5-16(26-25-11)12(2)24-19-15-6-14(27-9-13(20)8-23-27)7-17(28-3)18(15)21-10-22-19/h4-10,12H,1-3H3,(H,21,22,24). The van der Waals surface area contributed by atoms with Gasteiger partial charge in [-0.3, -0.25) is 0 Å². The van der Waals surface area contributed by atoms with Gasteiger partial charge in [0.2, 0.25) is 0 Å². The fourth-order valence-electron chi connectivity index (χ4n) is 2.89. The number of anilines is 1. The summed E-state index contributed by atoms with van der Waals surface area (Å²) in [5.41, 5.74) is 3.18. The molecule has 0 saturated carbocycles. The molecule has 1 unspecified atom stereocenters. The van der Waals surface area contributed by atoms with Crippen molar-refractivity contribution >= 4 is 28.3 Å². The minimum Gasteiger partial charge on any atom is -0.494 e. The van der Waals surface area contributed by atoms with E-state index in [1.54, 1.807) is 24.2 Å². The normalized spacial score (nSPS) is 12.1. The zero-order valence-corrected chi connectivity index (χ0v) is 16.3. The van der Waals surface area contributed by atoms with Gasteiger partial charge in [0, 0.05) is 17.6 Å². The third-order valence-corrected chi connectivity index (χ3v) is 4.53. The SMILES string of the molecule is COc1cc(-n2cc(Cl)cn2)cc2c(NC(C)c3ccc(C)nn3)ncnc12. The maximum Gasteiger partial charge on any atom is 0.147 e. The third-order valence-electron chi connectivity index (χ3n) is 4.34. The van der Waals surface area contributed by atoms with Crippen LogP contribution in [-0.2, 0) is 0 Å². The van der Waals surface area contributed by atoms with Crippen molar-refractivity contribution in [1.29, 1.82) is 0 Å². The van der Waals surface area contributed by atoms with Crippen LogP contribution >= 0.6 is 11.6 Å². The average molecular weight is 396 g/mol. The van der Waals surface area contributed by atoms with Crippen molar-refractivity contribution in [2.24, 2.45) is 0 Å². The van der Waals surface area contributed by atoms with Crippen LogP contribution in [0.3, 0.4) is 0 Å². The van der Waals surface area contributed by atoms with Crippen LogP contribution in [0.2, 0.25) is 5.02 Å². The average Bonchev–Trinajstić information content (AvgIpc) is 3.14. The maximum atomic E-state index is 6.02. The summed E-state index contributed by atoms with van der Waals surface area (Å²) in [7, 11) is 1.61. The van der Waals surface area contributed by atoms with Crippen molar-refractivity contribution in [2.45, 2.75) is 19.9 Å². The van der Waals surface area contributed by atoms with Gasteiger partial charge in [0.25, 0.3) is 0 Å². The molecule has 0 spiro atoms. The van der Waals surface area contributed by atoms with E-state index in [0.717, 1.165) is 22.5 Å². The lowest BCUT2D eigenvalue weighted by Gasteiger charge is -2.16. The topological polar surface area (TPSA) is 90.6 Å². The monoisotopic (exact) mass is 395 g/mol. The van der Waals surface area contributed by atoms with E-state index in [-0.39, 0.29) is 6.04 Å². The number of methoxy groups -OCH3 is 1. The molecule has 4 rings (SSSR count). The molecule has 1 atom stereocenters. The first kappa shape index (κ1) is 18.1. The van der Waals surface area contributed by atoms with E-state index >= 15 is 0 Å². The summed E-state index contributed by atoms with van der Waals surface area (Å²) in [6, 6.07) is 7.58. The molecule has 0 bridgehead atoms. The van der Waals surface area contributed by atoms with Crippen LogP contribution < -0.4 is 10.1 Å². The lowest BCUT2D eigenvalue weighted by molar-refractivity contribution is 0.418. The van der Waals surface area contributed by atoms with Crippen molar-refractivity contribution in [3.63, 3.8) is 0 Å². The Morgan fingerprint density at radius 3 is 2.71 bits per heavy atom. The van der Waals surface area contributed by atoms with E-state index in [1.807, 2.05) is 38.1 Å². The van der Waals surface area contributed by atoms with Crippen LogP contribution in [0, 0.1) is 6.92 Å². The predicted octanol–water partition coefficient (Wildman–Crippen LogP) is 3.75. The number of aromatic nitrogens is 6. The fraction of sp³-hybridized carbons (Fsp3) is 0.211. The Bertz CT molecular complexity index is 1130. The molecular formula is C19H18ClN7O. The Labute approximate surface area is 166 Å². The highest BCUT2D eigenvalue weighted by atomic mass is 35.5.